The summed E-state index contributed by atoms with van der Waals surface area (Å²) in [6.45, 7) is 55.3. The lowest BCUT2D eigenvalue weighted by atomic mass is 9.90. The summed E-state index contributed by atoms with van der Waals surface area (Å²) in [5.41, 5.74) is 14.5. The third-order valence-electron chi connectivity index (χ3n) is 10.3. The van der Waals surface area contributed by atoms with E-state index in [0.29, 0.717) is 5.69 Å². The quantitative estimate of drug-likeness (QED) is 0.142. The van der Waals surface area contributed by atoms with Gasteiger partial charge in [0.05, 0.1) is 92.1 Å². The van der Waals surface area contributed by atoms with Crippen LogP contribution in [0.4, 0.5) is 8.78 Å². The van der Waals surface area contributed by atoms with Crippen LogP contribution < -0.4 is 0 Å². The van der Waals surface area contributed by atoms with Gasteiger partial charge in [-0.15, -0.1) is 0 Å². The molecule has 0 radical (unpaired) electrons. The zero-order chi connectivity index (χ0) is 56.1. The smallest absolute Gasteiger partial charge is 0.245 e. The number of nitrogens with zero attached hydrogens (tertiary/aromatic N) is 12. The Morgan fingerprint density at radius 1 is 0.301 bits per heavy atom. The molecule has 73 heavy (non-hydrogen) atoms. The van der Waals surface area contributed by atoms with Crippen molar-refractivity contribution in [3.05, 3.63) is 139 Å². The lowest BCUT2D eigenvalue weighted by Gasteiger charge is -2.19. The van der Waals surface area contributed by atoms with E-state index in [4.69, 9.17) is 0 Å². The maximum atomic E-state index is 13.1. The van der Waals surface area contributed by atoms with Gasteiger partial charge in [0.1, 0.15) is 5.69 Å². The van der Waals surface area contributed by atoms with Crippen LogP contribution in [0.25, 0.3) is 0 Å². The van der Waals surface area contributed by atoms with E-state index in [0.717, 1.165) is 79.7 Å². The van der Waals surface area contributed by atoms with Crippen LogP contribution in [0.5, 0.6) is 0 Å². The molecule has 404 valence electrons. The zero-order valence-corrected chi connectivity index (χ0v) is 50.6. The first-order chi connectivity index (χ1) is 32.5. The molecule has 0 aliphatic heterocycles. The first kappa shape index (κ1) is 67.8. The van der Waals surface area contributed by atoms with Gasteiger partial charge in [-0.3, -0.25) is 44.9 Å². The normalized spacial score (nSPS) is 11.6. The van der Waals surface area contributed by atoms with Gasteiger partial charge in [-0.2, -0.15) is 8.78 Å². The maximum Gasteiger partial charge on any atom is 0.245 e. The van der Waals surface area contributed by atoms with Crippen LogP contribution in [0.3, 0.4) is 0 Å². The molecule has 0 spiro atoms. The predicted molar refractivity (Wildman–Crippen MR) is 301 cm³/mol. The van der Waals surface area contributed by atoms with Crippen molar-refractivity contribution in [2.24, 2.45) is 0 Å². The van der Waals surface area contributed by atoms with Gasteiger partial charge in [-0.05, 0) is 78.2 Å². The SMILES string of the molecule is C.CC(C)(C)c1cnc(F)c(Br)n1.Cc1cnc(C)c(C(C)(C)C)n1.Cc1cnc(C)c(C(C)(C)C)n1.Cc1cnc(C)c(C(C)(C)C)n1.Cc1cnc(F)c(C(C)(C)C)n1.Cc1ncc(C(C)(C)C)nc1C. The molecule has 6 aromatic heterocycles. The van der Waals surface area contributed by atoms with Crippen molar-refractivity contribution in [1.82, 2.24) is 59.8 Å². The van der Waals surface area contributed by atoms with E-state index in [-0.39, 0.29) is 44.5 Å². The van der Waals surface area contributed by atoms with Crippen LogP contribution in [0.1, 0.15) is 217 Å². The Morgan fingerprint density at radius 2 is 0.562 bits per heavy atom. The highest BCUT2D eigenvalue weighted by Crippen LogP contribution is 2.26. The van der Waals surface area contributed by atoms with Crippen LogP contribution in [0, 0.1) is 74.2 Å². The van der Waals surface area contributed by atoms with E-state index < -0.39 is 11.9 Å². The molecule has 15 heteroatoms. The average molecular weight is 1070 g/mol. The van der Waals surface area contributed by atoms with Crippen molar-refractivity contribution in [2.75, 3.05) is 0 Å². The summed E-state index contributed by atoms with van der Waals surface area (Å²) < 4.78 is 25.9. The standard InChI is InChI=1S/4C10H16N2.C9H13FN2.C8H10BrFN2.CH4/c1-7-8(2)12-9(6-11-7)10(3,4)5;3*1-7-6-11-8(2)9(12-7)10(3,4)5;1-6-5-11-8(10)7(12-6)9(2,3)4;1-8(2,3)5-4-11-7(10)6(9)12-5;/h4*6H,1-5H3;5H,1-4H3;4H,1-3H3;1H4. The highest BCUT2D eigenvalue weighted by molar-refractivity contribution is 9.10. The molecule has 0 fully saturated rings. The second-order valence-electron chi connectivity index (χ2n) is 24.2. The van der Waals surface area contributed by atoms with Gasteiger partial charge in [-0.25, -0.2) is 15.0 Å². The second-order valence-corrected chi connectivity index (χ2v) is 25.0. The van der Waals surface area contributed by atoms with E-state index in [2.05, 4.69) is 159 Å². The van der Waals surface area contributed by atoms with Gasteiger partial charge in [-0.1, -0.05) is 132 Å². The fraction of sp³-hybridized carbons (Fsp3) is 0.586. The van der Waals surface area contributed by atoms with Gasteiger partial charge in [0.25, 0.3) is 0 Å². The molecule has 0 aromatic carbocycles. The number of hydrogen-bond donors (Lipinski definition) is 0. The fourth-order valence-corrected chi connectivity index (χ4v) is 6.59. The van der Waals surface area contributed by atoms with Crippen molar-refractivity contribution in [3.63, 3.8) is 0 Å². The molecule has 6 heterocycles. The molecule has 0 atom stereocenters. The van der Waals surface area contributed by atoms with Crippen LogP contribution >= 0.6 is 15.9 Å². The Morgan fingerprint density at radius 3 is 0.822 bits per heavy atom. The molecule has 0 unspecified atom stereocenters. The average Bonchev–Trinajstić information content (AvgIpc) is 3.22. The highest BCUT2D eigenvalue weighted by Gasteiger charge is 2.23. The van der Waals surface area contributed by atoms with E-state index in [1.807, 2.05) is 129 Å². The van der Waals surface area contributed by atoms with Crippen LogP contribution in [-0.4, -0.2) is 59.8 Å². The molecule has 0 saturated heterocycles. The molecular weight excluding hydrogens is 983 g/mol. The van der Waals surface area contributed by atoms with Crippen molar-refractivity contribution in [2.45, 2.75) is 227 Å². The molecule has 6 rings (SSSR count). The van der Waals surface area contributed by atoms with Crippen LogP contribution in [0.2, 0.25) is 0 Å². The Bertz CT molecular complexity index is 2370. The van der Waals surface area contributed by atoms with Gasteiger partial charge < -0.3 is 0 Å². The van der Waals surface area contributed by atoms with E-state index in [1.165, 1.54) is 12.4 Å². The summed E-state index contributed by atoms with van der Waals surface area (Å²) in [5, 5.41) is 0. The minimum Gasteiger partial charge on any atom is -0.258 e. The second kappa shape index (κ2) is 27.4. The van der Waals surface area contributed by atoms with Gasteiger partial charge in [0, 0.05) is 57.3 Å². The molecule has 0 amide bonds. The molecular formula is C58H91BrF2N12. The maximum absolute atomic E-state index is 13.1. The van der Waals surface area contributed by atoms with Crippen LogP contribution in [0.15, 0.2) is 41.8 Å². The first-order valence-corrected chi connectivity index (χ1v) is 25.2. The minimum atomic E-state index is -0.567. The fourth-order valence-electron chi connectivity index (χ4n) is 6.30. The number of hydrogen-bond acceptors (Lipinski definition) is 12. The van der Waals surface area contributed by atoms with Gasteiger partial charge >= 0.3 is 0 Å². The molecule has 0 N–H and O–H groups in total. The van der Waals surface area contributed by atoms with Crippen molar-refractivity contribution >= 4 is 15.9 Å². The summed E-state index contributed by atoms with van der Waals surface area (Å²) >= 11 is 2.99. The molecule has 0 saturated carbocycles. The molecule has 12 nitrogen and oxygen atoms in total. The molecule has 6 aromatic rings. The monoisotopic (exact) mass is 1070 g/mol. The molecule has 0 bridgehead atoms. The van der Waals surface area contributed by atoms with Crippen molar-refractivity contribution < 1.29 is 8.78 Å². The number of aromatic nitrogens is 12. The Balaban J connectivity index is 0.000000850. The van der Waals surface area contributed by atoms with Gasteiger partial charge in [0.15, 0.2) is 4.60 Å². The van der Waals surface area contributed by atoms with E-state index in [9.17, 15) is 8.78 Å². The Hall–Kier alpha value is -5.18. The Labute approximate surface area is 448 Å². The van der Waals surface area contributed by atoms with Gasteiger partial charge in [0.2, 0.25) is 11.9 Å². The molecule has 0 aliphatic rings. The highest BCUT2D eigenvalue weighted by atomic mass is 79.9. The number of aryl methyl sites for hydroxylation is 9. The number of halogens is 3. The largest absolute Gasteiger partial charge is 0.258 e. The van der Waals surface area contributed by atoms with Crippen molar-refractivity contribution in [3.8, 4) is 0 Å². The van der Waals surface area contributed by atoms with Crippen molar-refractivity contribution in [1.29, 1.82) is 0 Å². The van der Waals surface area contributed by atoms with E-state index >= 15 is 0 Å². The summed E-state index contributed by atoms with van der Waals surface area (Å²) in [6.07, 6.45) is 10.2. The lowest BCUT2D eigenvalue weighted by Crippen LogP contribution is -2.17. The summed E-state index contributed by atoms with van der Waals surface area (Å²) in [6, 6.07) is 0. The Kier molecular flexibility index (Phi) is 25.4. The van der Waals surface area contributed by atoms with Crippen LogP contribution in [-0.2, 0) is 32.5 Å². The lowest BCUT2D eigenvalue weighted by molar-refractivity contribution is 0.477. The molecule has 0 aliphatic carbocycles. The zero-order valence-electron chi connectivity index (χ0n) is 49.0. The summed E-state index contributed by atoms with van der Waals surface area (Å²) in [4.78, 5) is 50.4. The summed E-state index contributed by atoms with van der Waals surface area (Å²) in [5.74, 6) is -1.03. The topological polar surface area (TPSA) is 155 Å². The number of rotatable bonds is 0. The first-order valence-electron chi connectivity index (χ1n) is 24.4. The summed E-state index contributed by atoms with van der Waals surface area (Å²) in [7, 11) is 0. The van der Waals surface area contributed by atoms with E-state index in [1.54, 1.807) is 0 Å². The third kappa shape index (κ3) is 23.7. The minimum absolute atomic E-state index is 0. The third-order valence-corrected chi connectivity index (χ3v) is 10.8. The predicted octanol–water partition coefficient (Wildman–Crippen LogP) is 15.1.